The van der Waals surface area contributed by atoms with Crippen molar-refractivity contribution in [1.29, 1.82) is 0 Å². The van der Waals surface area contributed by atoms with Crippen molar-refractivity contribution in [2.45, 2.75) is 25.2 Å². The summed E-state index contributed by atoms with van der Waals surface area (Å²) in [6.45, 7) is 0. The molecule has 1 aliphatic carbocycles. The lowest BCUT2D eigenvalue weighted by atomic mass is 9.79. The smallest absolute Gasteiger partial charge is 0.195 e. The summed E-state index contributed by atoms with van der Waals surface area (Å²) >= 11 is 0. The number of carbonyl (C=O) groups excluding carboxylic acids is 1. The number of nitrogens with two attached hydrogens (primary N) is 1. The van der Waals surface area contributed by atoms with Crippen LogP contribution in [0.25, 0.3) is 0 Å². The van der Waals surface area contributed by atoms with Crippen LogP contribution in [0.2, 0.25) is 0 Å². The molecule has 0 heterocycles. The van der Waals surface area contributed by atoms with Crippen LogP contribution >= 0.6 is 0 Å². The Morgan fingerprint density at radius 1 is 1.05 bits per heavy atom. The Kier molecular flexibility index (Phi) is 3.08. The normalized spacial score (nSPS) is 14.9. The zero-order valence-electron chi connectivity index (χ0n) is 10.8. The van der Waals surface area contributed by atoms with E-state index in [-0.39, 0.29) is 5.78 Å². The highest BCUT2D eigenvalue weighted by Crippen LogP contribution is 2.36. The third kappa shape index (κ3) is 2.26. The van der Waals surface area contributed by atoms with Gasteiger partial charge in [-0.1, -0.05) is 36.8 Å². The van der Waals surface area contributed by atoms with Gasteiger partial charge in [0.25, 0.3) is 0 Å². The van der Waals surface area contributed by atoms with Gasteiger partial charge in [-0.25, -0.2) is 0 Å². The summed E-state index contributed by atoms with van der Waals surface area (Å²) < 4.78 is 0. The fourth-order valence-corrected chi connectivity index (χ4v) is 2.53. The van der Waals surface area contributed by atoms with Crippen molar-refractivity contribution >= 4 is 11.5 Å². The first-order valence-corrected chi connectivity index (χ1v) is 6.75. The second-order valence-corrected chi connectivity index (χ2v) is 5.17. The Hall–Kier alpha value is -2.09. The number of nitrogen functional groups attached to an aromatic ring is 1. The van der Waals surface area contributed by atoms with Crippen molar-refractivity contribution < 1.29 is 4.79 Å². The first kappa shape index (κ1) is 12.0. The lowest BCUT2D eigenvalue weighted by Crippen LogP contribution is -2.10. The monoisotopic (exact) mass is 251 g/mol. The second-order valence-electron chi connectivity index (χ2n) is 5.17. The fourth-order valence-electron chi connectivity index (χ4n) is 2.53. The van der Waals surface area contributed by atoms with Crippen LogP contribution in [0.1, 0.15) is 46.7 Å². The molecule has 0 bridgehead atoms. The van der Waals surface area contributed by atoms with Gasteiger partial charge in [-0.05, 0) is 42.5 Å². The Bertz CT molecular complexity index is 614. The molecule has 1 saturated carbocycles. The molecule has 19 heavy (non-hydrogen) atoms. The van der Waals surface area contributed by atoms with Gasteiger partial charge in [-0.15, -0.1) is 0 Å². The highest BCUT2D eigenvalue weighted by molar-refractivity contribution is 6.12. The molecular weight excluding hydrogens is 234 g/mol. The maximum absolute atomic E-state index is 12.5. The van der Waals surface area contributed by atoms with E-state index in [1.165, 1.54) is 24.8 Å². The number of para-hydroxylation sites is 1. The molecule has 0 aliphatic heterocycles. The predicted molar refractivity (Wildman–Crippen MR) is 77.3 cm³/mol. The summed E-state index contributed by atoms with van der Waals surface area (Å²) in [7, 11) is 0. The van der Waals surface area contributed by atoms with Crippen molar-refractivity contribution in [1.82, 2.24) is 0 Å². The van der Waals surface area contributed by atoms with Crippen LogP contribution in [0.15, 0.2) is 48.5 Å². The third-order valence-corrected chi connectivity index (χ3v) is 3.93. The maximum atomic E-state index is 12.5. The largest absolute Gasteiger partial charge is 0.398 e. The van der Waals surface area contributed by atoms with Gasteiger partial charge in [0, 0.05) is 16.8 Å². The number of benzene rings is 2. The highest BCUT2D eigenvalue weighted by Gasteiger charge is 2.20. The molecule has 0 atom stereocenters. The zero-order valence-corrected chi connectivity index (χ0v) is 10.8. The lowest BCUT2D eigenvalue weighted by molar-refractivity contribution is 0.103. The summed E-state index contributed by atoms with van der Waals surface area (Å²) in [5, 5.41) is 0. The van der Waals surface area contributed by atoms with Gasteiger partial charge in [0.05, 0.1) is 0 Å². The molecule has 2 aromatic rings. The van der Waals surface area contributed by atoms with E-state index in [0.29, 0.717) is 17.2 Å². The number of ketones is 1. The van der Waals surface area contributed by atoms with Crippen molar-refractivity contribution in [3.8, 4) is 0 Å². The van der Waals surface area contributed by atoms with Crippen molar-refractivity contribution in [2.24, 2.45) is 0 Å². The summed E-state index contributed by atoms with van der Waals surface area (Å²) in [6, 6.07) is 15.2. The zero-order chi connectivity index (χ0) is 13.2. The van der Waals surface area contributed by atoms with Gasteiger partial charge in [-0.3, -0.25) is 4.79 Å². The Morgan fingerprint density at radius 3 is 2.53 bits per heavy atom. The number of hydrogen-bond acceptors (Lipinski definition) is 2. The molecule has 0 amide bonds. The second kappa shape index (κ2) is 4.88. The molecule has 0 saturated heterocycles. The molecule has 2 aromatic carbocycles. The molecule has 2 N–H and O–H groups in total. The quantitative estimate of drug-likeness (QED) is 0.666. The summed E-state index contributed by atoms with van der Waals surface area (Å²) in [4.78, 5) is 12.5. The molecule has 3 rings (SSSR count). The molecule has 1 fully saturated rings. The van der Waals surface area contributed by atoms with Crippen LogP contribution in [0, 0.1) is 0 Å². The molecule has 0 unspecified atom stereocenters. The Labute approximate surface area is 113 Å². The van der Waals surface area contributed by atoms with E-state index in [4.69, 9.17) is 5.73 Å². The standard InChI is InChI=1S/C17H17NO/c18-16-10-2-1-9-15(16)17(19)14-8-4-7-13(11-14)12-5-3-6-12/h1-2,4,7-12H,3,5-6,18H2. The van der Waals surface area contributed by atoms with Gasteiger partial charge >= 0.3 is 0 Å². The van der Waals surface area contributed by atoms with Gasteiger partial charge in [-0.2, -0.15) is 0 Å². The molecule has 2 heteroatoms. The first-order valence-electron chi connectivity index (χ1n) is 6.75. The van der Waals surface area contributed by atoms with Gasteiger partial charge < -0.3 is 5.73 Å². The Morgan fingerprint density at radius 2 is 1.84 bits per heavy atom. The topological polar surface area (TPSA) is 43.1 Å². The average Bonchev–Trinajstić information content (AvgIpc) is 2.37. The van der Waals surface area contributed by atoms with E-state index in [0.717, 1.165) is 5.56 Å². The van der Waals surface area contributed by atoms with Crippen LogP contribution in [-0.4, -0.2) is 5.78 Å². The van der Waals surface area contributed by atoms with E-state index in [1.54, 1.807) is 12.1 Å². The van der Waals surface area contributed by atoms with Crippen LogP contribution in [0.5, 0.6) is 0 Å². The van der Waals surface area contributed by atoms with Crippen molar-refractivity contribution in [2.75, 3.05) is 5.73 Å². The minimum absolute atomic E-state index is 0.0132. The van der Waals surface area contributed by atoms with E-state index >= 15 is 0 Å². The highest BCUT2D eigenvalue weighted by atomic mass is 16.1. The summed E-state index contributed by atoms with van der Waals surface area (Å²) in [6.07, 6.45) is 3.78. The SMILES string of the molecule is Nc1ccccc1C(=O)c1cccc(C2CCC2)c1. The number of hydrogen-bond donors (Lipinski definition) is 1. The minimum atomic E-state index is 0.0132. The predicted octanol–water partition coefficient (Wildman–Crippen LogP) is 3.77. The Balaban J connectivity index is 1.93. The molecular formula is C17H17NO. The lowest BCUT2D eigenvalue weighted by Gasteiger charge is -2.26. The van der Waals surface area contributed by atoms with E-state index in [1.807, 2.05) is 30.3 Å². The van der Waals surface area contributed by atoms with Crippen LogP contribution in [0.4, 0.5) is 5.69 Å². The first-order chi connectivity index (χ1) is 9.25. The van der Waals surface area contributed by atoms with Gasteiger partial charge in [0.1, 0.15) is 0 Å². The fraction of sp³-hybridized carbons (Fsp3) is 0.235. The van der Waals surface area contributed by atoms with E-state index in [9.17, 15) is 4.79 Å². The molecule has 0 spiro atoms. The van der Waals surface area contributed by atoms with Gasteiger partial charge in [0.2, 0.25) is 0 Å². The summed E-state index contributed by atoms with van der Waals surface area (Å²) in [5.41, 5.74) is 9.03. The van der Waals surface area contributed by atoms with Crippen LogP contribution < -0.4 is 5.73 Å². The molecule has 2 nitrogen and oxygen atoms in total. The van der Waals surface area contributed by atoms with Crippen molar-refractivity contribution in [3.63, 3.8) is 0 Å². The van der Waals surface area contributed by atoms with Crippen LogP contribution in [-0.2, 0) is 0 Å². The average molecular weight is 251 g/mol. The van der Waals surface area contributed by atoms with Crippen LogP contribution in [0.3, 0.4) is 0 Å². The third-order valence-electron chi connectivity index (χ3n) is 3.93. The van der Waals surface area contributed by atoms with Crippen molar-refractivity contribution in [3.05, 3.63) is 65.2 Å². The minimum Gasteiger partial charge on any atom is -0.398 e. The van der Waals surface area contributed by atoms with E-state index in [2.05, 4.69) is 6.07 Å². The number of anilines is 1. The number of carbonyl (C=O) groups is 1. The number of rotatable bonds is 3. The van der Waals surface area contributed by atoms with Gasteiger partial charge in [0.15, 0.2) is 5.78 Å². The molecule has 0 aromatic heterocycles. The molecule has 1 aliphatic rings. The summed E-state index contributed by atoms with van der Waals surface area (Å²) in [5.74, 6) is 0.653. The molecule has 0 radical (unpaired) electrons. The maximum Gasteiger partial charge on any atom is 0.195 e. The molecule has 96 valence electrons. The van der Waals surface area contributed by atoms with E-state index < -0.39 is 0 Å².